The van der Waals surface area contributed by atoms with Crippen LogP contribution in [0.5, 0.6) is 0 Å². The average molecular weight is 301 g/mol. The summed E-state index contributed by atoms with van der Waals surface area (Å²) in [6.07, 6.45) is 0. The molecule has 0 spiro atoms. The Hall–Kier alpha value is -2.58. The molecule has 3 aromatic carbocycles. The Balaban J connectivity index is 1.66. The van der Waals surface area contributed by atoms with Crippen molar-refractivity contribution in [1.29, 1.82) is 0 Å². The molecule has 0 aliphatic rings. The molecule has 114 valence electrons. The summed E-state index contributed by atoms with van der Waals surface area (Å²) in [4.78, 5) is 2.32. The molecule has 2 heteroatoms. The molecule has 23 heavy (non-hydrogen) atoms. The SMILES string of the molecule is CN(Cc1ccccc1)Cc1cccc2c1oc1ccccc12. The van der Waals surface area contributed by atoms with Gasteiger partial charge in [-0.05, 0) is 18.7 Å². The number of hydrogen-bond donors (Lipinski definition) is 0. The molecule has 0 aliphatic carbocycles. The van der Waals surface area contributed by atoms with Crippen LogP contribution in [0.15, 0.2) is 77.2 Å². The fourth-order valence-electron chi connectivity index (χ4n) is 3.17. The Labute approximate surface area is 136 Å². The van der Waals surface area contributed by atoms with E-state index in [4.69, 9.17) is 4.42 Å². The highest BCUT2D eigenvalue weighted by molar-refractivity contribution is 6.05. The zero-order valence-electron chi connectivity index (χ0n) is 13.2. The van der Waals surface area contributed by atoms with Crippen LogP contribution in [0.1, 0.15) is 11.1 Å². The standard InChI is InChI=1S/C21H19NO/c1-22(14-16-8-3-2-4-9-16)15-17-10-7-12-19-18-11-5-6-13-20(18)23-21(17)19/h2-13H,14-15H2,1H3. The van der Waals surface area contributed by atoms with E-state index in [1.165, 1.54) is 21.9 Å². The Morgan fingerprint density at radius 3 is 2.35 bits per heavy atom. The lowest BCUT2D eigenvalue weighted by Gasteiger charge is -2.17. The first-order valence-electron chi connectivity index (χ1n) is 7.93. The van der Waals surface area contributed by atoms with Gasteiger partial charge in [-0.3, -0.25) is 4.90 Å². The van der Waals surface area contributed by atoms with Crippen LogP contribution in [-0.2, 0) is 13.1 Å². The first-order chi connectivity index (χ1) is 11.3. The summed E-state index contributed by atoms with van der Waals surface area (Å²) in [5, 5.41) is 2.39. The monoisotopic (exact) mass is 301 g/mol. The van der Waals surface area contributed by atoms with Crippen LogP contribution < -0.4 is 0 Å². The largest absolute Gasteiger partial charge is 0.456 e. The van der Waals surface area contributed by atoms with Gasteiger partial charge >= 0.3 is 0 Å². The summed E-state index contributed by atoms with van der Waals surface area (Å²) in [5.74, 6) is 0. The average Bonchev–Trinajstić information content (AvgIpc) is 2.96. The predicted octanol–water partition coefficient (Wildman–Crippen LogP) is 5.22. The van der Waals surface area contributed by atoms with Crippen LogP contribution in [0.2, 0.25) is 0 Å². The van der Waals surface area contributed by atoms with Gasteiger partial charge in [0, 0.05) is 29.4 Å². The first kappa shape index (κ1) is 14.0. The molecule has 0 saturated heterocycles. The molecule has 0 unspecified atom stereocenters. The molecule has 0 atom stereocenters. The third-order valence-corrected chi connectivity index (χ3v) is 4.22. The molecular weight excluding hydrogens is 282 g/mol. The van der Waals surface area contributed by atoms with E-state index in [2.05, 4.69) is 72.6 Å². The second-order valence-corrected chi connectivity index (χ2v) is 6.05. The van der Waals surface area contributed by atoms with Gasteiger partial charge in [-0.1, -0.05) is 66.7 Å². The minimum atomic E-state index is 0.867. The molecule has 2 nitrogen and oxygen atoms in total. The van der Waals surface area contributed by atoms with E-state index >= 15 is 0 Å². The molecule has 0 amide bonds. The van der Waals surface area contributed by atoms with Crippen molar-refractivity contribution in [2.75, 3.05) is 7.05 Å². The summed E-state index contributed by atoms with van der Waals surface area (Å²) in [5.41, 5.74) is 4.53. The Kier molecular flexibility index (Phi) is 3.60. The third kappa shape index (κ3) is 2.73. The Morgan fingerprint density at radius 1 is 0.739 bits per heavy atom. The number of benzene rings is 3. The third-order valence-electron chi connectivity index (χ3n) is 4.22. The second kappa shape index (κ2) is 5.90. The molecular formula is C21H19NO. The topological polar surface area (TPSA) is 16.4 Å². The van der Waals surface area contributed by atoms with Crippen molar-refractivity contribution in [2.24, 2.45) is 0 Å². The van der Waals surface area contributed by atoms with E-state index in [1.54, 1.807) is 0 Å². The quantitative estimate of drug-likeness (QED) is 0.514. The number of para-hydroxylation sites is 2. The fraction of sp³-hybridized carbons (Fsp3) is 0.143. The summed E-state index contributed by atoms with van der Waals surface area (Å²) >= 11 is 0. The van der Waals surface area contributed by atoms with Crippen LogP contribution >= 0.6 is 0 Å². The lowest BCUT2D eigenvalue weighted by molar-refractivity contribution is 0.319. The van der Waals surface area contributed by atoms with Crippen molar-refractivity contribution in [1.82, 2.24) is 4.90 Å². The number of furan rings is 1. The first-order valence-corrected chi connectivity index (χ1v) is 7.93. The van der Waals surface area contributed by atoms with E-state index < -0.39 is 0 Å². The van der Waals surface area contributed by atoms with E-state index in [9.17, 15) is 0 Å². The number of nitrogens with zero attached hydrogens (tertiary/aromatic N) is 1. The molecule has 1 heterocycles. The molecule has 0 fully saturated rings. The van der Waals surface area contributed by atoms with Gasteiger partial charge in [-0.2, -0.15) is 0 Å². The minimum Gasteiger partial charge on any atom is -0.456 e. The van der Waals surface area contributed by atoms with E-state index in [-0.39, 0.29) is 0 Å². The second-order valence-electron chi connectivity index (χ2n) is 6.05. The maximum Gasteiger partial charge on any atom is 0.139 e. The number of fused-ring (bicyclic) bond motifs is 3. The van der Waals surface area contributed by atoms with Crippen LogP contribution in [-0.4, -0.2) is 11.9 Å². The van der Waals surface area contributed by atoms with Crippen molar-refractivity contribution >= 4 is 21.9 Å². The van der Waals surface area contributed by atoms with E-state index in [1.807, 2.05) is 12.1 Å². The Bertz CT molecular complexity index is 940. The summed E-state index contributed by atoms with van der Waals surface area (Å²) in [7, 11) is 2.15. The van der Waals surface area contributed by atoms with Gasteiger partial charge in [-0.25, -0.2) is 0 Å². The molecule has 4 rings (SSSR count). The van der Waals surface area contributed by atoms with Gasteiger partial charge in [0.2, 0.25) is 0 Å². The highest BCUT2D eigenvalue weighted by Gasteiger charge is 2.11. The van der Waals surface area contributed by atoms with E-state index in [0.717, 1.165) is 24.3 Å². The van der Waals surface area contributed by atoms with Crippen molar-refractivity contribution < 1.29 is 4.42 Å². The normalized spacial score (nSPS) is 11.6. The minimum absolute atomic E-state index is 0.867. The summed E-state index contributed by atoms with van der Waals surface area (Å²) in [6, 6.07) is 25.2. The van der Waals surface area contributed by atoms with Gasteiger partial charge in [0.1, 0.15) is 11.2 Å². The molecule has 1 aromatic heterocycles. The highest BCUT2D eigenvalue weighted by Crippen LogP contribution is 2.31. The van der Waals surface area contributed by atoms with Crippen molar-refractivity contribution in [2.45, 2.75) is 13.1 Å². The Morgan fingerprint density at radius 2 is 1.48 bits per heavy atom. The number of rotatable bonds is 4. The summed E-state index contributed by atoms with van der Waals surface area (Å²) in [6.45, 7) is 1.80. The van der Waals surface area contributed by atoms with Gasteiger partial charge in [0.25, 0.3) is 0 Å². The molecule has 4 aromatic rings. The van der Waals surface area contributed by atoms with Crippen LogP contribution in [0.4, 0.5) is 0 Å². The maximum absolute atomic E-state index is 6.11. The lowest BCUT2D eigenvalue weighted by atomic mass is 10.1. The maximum atomic E-state index is 6.11. The smallest absolute Gasteiger partial charge is 0.139 e. The lowest BCUT2D eigenvalue weighted by Crippen LogP contribution is -2.17. The van der Waals surface area contributed by atoms with Crippen molar-refractivity contribution in [3.63, 3.8) is 0 Å². The zero-order chi connectivity index (χ0) is 15.6. The van der Waals surface area contributed by atoms with Crippen LogP contribution in [0.3, 0.4) is 0 Å². The molecule has 0 N–H and O–H groups in total. The predicted molar refractivity (Wildman–Crippen MR) is 95.3 cm³/mol. The zero-order valence-corrected chi connectivity index (χ0v) is 13.2. The molecule has 0 aliphatic heterocycles. The van der Waals surface area contributed by atoms with Gasteiger partial charge in [0.15, 0.2) is 0 Å². The molecule has 0 bridgehead atoms. The van der Waals surface area contributed by atoms with Crippen molar-refractivity contribution in [3.05, 3.63) is 83.9 Å². The van der Waals surface area contributed by atoms with E-state index in [0.29, 0.717) is 0 Å². The van der Waals surface area contributed by atoms with Crippen LogP contribution in [0.25, 0.3) is 21.9 Å². The van der Waals surface area contributed by atoms with Crippen molar-refractivity contribution in [3.8, 4) is 0 Å². The summed E-state index contributed by atoms with van der Waals surface area (Å²) < 4.78 is 6.11. The highest BCUT2D eigenvalue weighted by atomic mass is 16.3. The van der Waals surface area contributed by atoms with Gasteiger partial charge in [-0.15, -0.1) is 0 Å². The van der Waals surface area contributed by atoms with Gasteiger partial charge in [0.05, 0.1) is 0 Å². The molecule has 0 radical (unpaired) electrons. The van der Waals surface area contributed by atoms with Gasteiger partial charge < -0.3 is 4.42 Å². The fourth-order valence-corrected chi connectivity index (χ4v) is 3.17. The van der Waals surface area contributed by atoms with Crippen LogP contribution in [0, 0.1) is 0 Å². The molecule has 0 saturated carbocycles. The number of hydrogen-bond acceptors (Lipinski definition) is 2.